The summed E-state index contributed by atoms with van der Waals surface area (Å²) in [7, 11) is 3.17. The Morgan fingerprint density at radius 2 is 1.73 bits per heavy atom. The third-order valence-electron chi connectivity index (χ3n) is 6.25. The van der Waals surface area contributed by atoms with Gasteiger partial charge in [0.25, 0.3) is 0 Å². The number of hydrogen-bond donors (Lipinski definition) is 0. The minimum atomic E-state index is -0.320. The average molecular weight is 399 g/mol. The van der Waals surface area contributed by atoms with E-state index in [1.54, 1.807) is 7.11 Å². The molecule has 0 unspecified atom stereocenters. The molecule has 5 rings (SSSR count). The second kappa shape index (κ2) is 7.52. The summed E-state index contributed by atoms with van der Waals surface area (Å²) in [6.45, 7) is 0.730. The zero-order chi connectivity index (χ0) is 20.7. The number of aryl methyl sites for hydroxylation is 1. The summed E-state index contributed by atoms with van der Waals surface area (Å²) in [6.07, 6.45) is 4.45. The molecule has 1 aliphatic carbocycles. The Labute approximate surface area is 176 Å². The van der Waals surface area contributed by atoms with Gasteiger partial charge in [0.05, 0.1) is 36.2 Å². The molecule has 1 aromatic heterocycles. The van der Waals surface area contributed by atoms with E-state index in [1.165, 1.54) is 36.6 Å². The van der Waals surface area contributed by atoms with E-state index in [-0.39, 0.29) is 5.97 Å². The van der Waals surface area contributed by atoms with Crippen LogP contribution in [0, 0.1) is 0 Å². The Kier molecular flexibility index (Phi) is 4.70. The molecule has 152 valence electrons. The van der Waals surface area contributed by atoms with Crippen LogP contribution in [-0.4, -0.2) is 24.8 Å². The Morgan fingerprint density at radius 1 is 0.933 bits per heavy atom. The maximum Gasteiger partial charge on any atom is 0.338 e. The molecule has 1 heterocycles. The number of aromatic nitrogens is 1. The van der Waals surface area contributed by atoms with E-state index in [9.17, 15) is 4.79 Å². The Balaban J connectivity index is 1.91. The van der Waals surface area contributed by atoms with E-state index in [2.05, 4.69) is 41.0 Å². The van der Waals surface area contributed by atoms with Crippen LogP contribution in [0.2, 0.25) is 0 Å². The van der Waals surface area contributed by atoms with E-state index in [1.807, 2.05) is 18.2 Å². The fraction of sp³-hybridized carbons (Fsp3) is 0.269. The van der Waals surface area contributed by atoms with Gasteiger partial charge in [0, 0.05) is 11.9 Å². The highest BCUT2D eigenvalue weighted by molar-refractivity contribution is 6.19. The Hall–Kier alpha value is -3.27. The van der Waals surface area contributed by atoms with Gasteiger partial charge in [0.1, 0.15) is 5.75 Å². The van der Waals surface area contributed by atoms with Gasteiger partial charge in [-0.1, -0.05) is 36.4 Å². The number of fused-ring (bicyclic) bond motifs is 4. The molecule has 0 N–H and O–H groups in total. The van der Waals surface area contributed by atoms with Crippen LogP contribution in [0.4, 0.5) is 0 Å². The molecule has 30 heavy (non-hydrogen) atoms. The van der Waals surface area contributed by atoms with E-state index < -0.39 is 0 Å². The molecule has 4 nitrogen and oxygen atoms in total. The maximum absolute atomic E-state index is 12.7. The number of rotatable bonds is 4. The van der Waals surface area contributed by atoms with E-state index >= 15 is 0 Å². The molecule has 0 fully saturated rings. The number of carbonyl (C=O) groups excluding carboxylic acids is 1. The fourth-order valence-corrected chi connectivity index (χ4v) is 4.91. The van der Waals surface area contributed by atoms with E-state index in [0.29, 0.717) is 5.56 Å². The van der Waals surface area contributed by atoms with Crippen molar-refractivity contribution in [3.63, 3.8) is 0 Å². The predicted octanol–water partition coefficient (Wildman–Crippen LogP) is 5.52. The van der Waals surface area contributed by atoms with Gasteiger partial charge in [0.15, 0.2) is 0 Å². The summed E-state index contributed by atoms with van der Waals surface area (Å²) >= 11 is 0. The van der Waals surface area contributed by atoms with Crippen molar-refractivity contribution in [3.05, 3.63) is 76.9 Å². The molecule has 4 aromatic rings. The summed E-state index contributed by atoms with van der Waals surface area (Å²) in [5, 5.41) is 1.94. The second-order valence-corrected chi connectivity index (χ2v) is 7.91. The lowest BCUT2D eigenvalue weighted by Crippen LogP contribution is -2.06. The molecular formula is C26H25NO3. The molecule has 0 amide bonds. The van der Waals surface area contributed by atoms with Gasteiger partial charge in [-0.25, -0.2) is 4.79 Å². The van der Waals surface area contributed by atoms with Crippen molar-refractivity contribution in [3.8, 4) is 5.75 Å². The smallest absolute Gasteiger partial charge is 0.338 e. The second-order valence-electron chi connectivity index (χ2n) is 7.91. The quantitative estimate of drug-likeness (QED) is 0.425. The third kappa shape index (κ3) is 2.86. The average Bonchev–Trinajstić information content (AvgIpc) is 3.11. The van der Waals surface area contributed by atoms with Gasteiger partial charge in [-0.15, -0.1) is 0 Å². The van der Waals surface area contributed by atoms with Crippen LogP contribution in [0.15, 0.2) is 54.6 Å². The topological polar surface area (TPSA) is 40.5 Å². The van der Waals surface area contributed by atoms with Crippen molar-refractivity contribution in [2.24, 2.45) is 0 Å². The standard InChI is InChI=1S/C26H25NO3/c1-29-25-19-12-7-6-11-18(19)15-22-24(25)23-20(26(28)30-2)13-8-14-21(23)27(22)16-17-9-4-3-5-10-17/h3-5,8-10,13-15H,6-7,11-12,16H2,1-2H3. The van der Waals surface area contributed by atoms with Crippen LogP contribution < -0.4 is 4.74 Å². The highest BCUT2D eigenvalue weighted by atomic mass is 16.5. The van der Waals surface area contributed by atoms with Gasteiger partial charge in [-0.3, -0.25) is 0 Å². The van der Waals surface area contributed by atoms with Crippen LogP contribution in [-0.2, 0) is 24.1 Å². The predicted molar refractivity (Wildman–Crippen MR) is 120 cm³/mol. The lowest BCUT2D eigenvalue weighted by molar-refractivity contribution is 0.0603. The van der Waals surface area contributed by atoms with Crippen LogP contribution in [0.3, 0.4) is 0 Å². The first-order valence-electron chi connectivity index (χ1n) is 10.5. The maximum atomic E-state index is 12.7. The zero-order valence-corrected chi connectivity index (χ0v) is 17.4. The van der Waals surface area contributed by atoms with Crippen molar-refractivity contribution < 1.29 is 14.3 Å². The van der Waals surface area contributed by atoms with E-state index in [0.717, 1.165) is 46.9 Å². The first-order chi connectivity index (χ1) is 14.7. The molecule has 0 radical (unpaired) electrons. The van der Waals surface area contributed by atoms with Crippen molar-refractivity contribution in [2.45, 2.75) is 32.2 Å². The summed E-state index contributed by atoms with van der Waals surface area (Å²) in [6, 6.07) is 18.6. The molecule has 0 aliphatic heterocycles. The van der Waals surface area contributed by atoms with Crippen LogP contribution in [0.5, 0.6) is 5.75 Å². The number of ether oxygens (including phenoxy) is 2. The van der Waals surface area contributed by atoms with Gasteiger partial charge < -0.3 is 14.0 Å². The molecule has 0 atom stereocenters. The molecular weight excluding hydrogens is 374 g/mol. The van der Waals surface area contributed by atoms with Crippen LogP contribution in [0.25, 0.3) is 21.8 Å². The Morgan fingerprint density at radius 3 is 2.50 bits per heavy atom. The number of methoxy groups -OCH3 is 2. The number of benzene rings is 3. The van der Waals surface area contributed by atoms with E-state index in [4.69, 9.17) is 9.47 Å². The van der Waals surface area contributed by atoms with Crippen LogP contribution in [0.1, 0.15) is 39.9 Å². The molecule has 0 bridgehead atoms. The minimum Gasteiger partial charge on any atom is -0.496 e. The molecule has 3 aromatic carbocycles. The van der Waals surface area contributed by atoms with Gasteiger partial charge in [-0.2, -0.15) is 0 Å². The summed E-state index contributed by atoms with van der Waals surface area (Å²) < 4.78 is 13.4. The first kappa shape index (κ1) is 18.7. The summed E-state index contributed by atoms with van der Waals surface area (Å²) in [4.78, 5) is 12.7. The first-order valence-corrected chi connectivity index (χ1v) is 10.5. The summed E-state index contributed by atoms with van der Waals surface area (Å²) in [5.74, 6) is 0.592. The lowest BCUT2D eigenvalue weighted by Gasteiger charge is -2.20. The SMILES string of the molecule is COC(=O)c1cccc2c1c1c(OC)c3c(cc1n2Cc1ccccc1)CCCC3. The number of nitrogens with zero attached hydrogens (tertiary/aromatic N) is 1. The molecule has 0 saturated heterocycles. The summed E-state index contributed by atoms with van der Waals surface area (Å²) in [5.41, 5.74) is 6.59. The highest BCUT2D eigenvalue weighted by Gasteiger charge is 2.25. The molecule has 0 spiro atoms. The van der Waals surface area contributed by atoms with Crippen molar-refractivity contribution >= 4 is 27.8 Å². The largest absolute Gasteiger partial charge is 0.496 e. The molecule has 1 aliphatic rings. The number of hydrogen-bond acceptors (Lipinski definition) is 3. The normalized spacial score (nSPS) is 13.4. The highest BCUT2D eigenvalue weighted by Crippen LogP contribution is 2.43. The van der Waals surface area contributed by atoms with Crippen molar-refractivity contribution in [2.75, 3.05) is 14.2 Å². The number of esters is 1. The van der Waals surface area contributed by atoms with Crippen molar-refractivity contribution in [1.82, 2.24) is 4.57 Å². The third-order valence-corrected chi connectivity index (χ3v) is 6.25. The fourth-order valence-electron chi connectivity index (χ4n) is 4.91. The monoisotopic (exact) mass is 399 g/mol. The molecule has 4 heteroatoms. The van der Waals surface area contributed by atoms with Gasteiger partial charge in [0.2, 0.25) is 0 Å². The molecule has 0 saturated carbocycles. The zero-order valence-electron chi connectivity index (χ0n) is 17.4. The Bertz CT molecular complexity index is 1250. The van der Waals surface area contributed by atoms with Crippen LogP contribution >= 0.6 is 0 Å². The van der Waals surface area contributed by atoms with Gasteiger partial charge in [-0.05, 0) is 60.6 Å². The number of carbonyl (C=O) groups is 1. The van der Waals surface area contributed by atoms with Crippen molar-refractivity contribution in [1.29, 1.82) is 0 Å². The van der Waals surface area contributed by atoms with Gasteiger partial charge >= 0.3 is 5.97 Å². The minimum absolute atomic E-state index is 0.320. The lowest BCUT2D eigenvalue weighted by atomic mass is 9.89.